The highest BCUT2D eigenvalue weighted by atomic mass is 28.3. The summed E-state index contributed by atoms with van der Waals surface area (Å²) in [6, 6.07) is 62.8. The van der Waals surface area contributed by atoms with Gasteiger partial charge < -0.3 is 0 Å². The highest BCUT2D eigenvalue weighted by Gasteiger charge is 2.37. The second-order valence-electron chi connectivity index (χ2n) is 14.4. The second-order valence-corrected chi connectivity index (χ2v) is 18.7. The monoisotopic (exact) mass is 693 g/mol. The number of hydrogen-bond acceptors (Lipinski definition) is 3. The van der Waals surface area contributed by atoms with Crippen LogP contribution in [0, 0.1) is 0 Å². The zero-order chi connectivity index (χ0) is 35.5. The Kier molecular flexibility index (Phi) is 7.27. The van der Waals surface area contributed by atoms with E-state index in [1.807, 2.05) is 24.3 Å². The molecule has 1 aliphatic heterocycles. The lowest BCUT2D eigenvalue weighted by molar-refractivity contribution is 1.08. The van der Waals surface area contributed by atoms with E-state index < -0.39 is 8.07 Å². The first-order valence-electron chi connectivity index (χ1n) is 18.2. The Hall–Kier alpha value is -6.49. The van der Waals surface area contributed by atoms with Crippen LogP contribution in [-0.4, -0.2) is 23.0 Å². The van der Waals surface area contributed by atoms with Gasteiger partial charge in [0.1, 0.15) is 8.07 Å². The summed E-state index contributed by atoms with van der Waals surface area (Å²) in [6.07, 6.45) is 0. The Bertz CT molecular complexity index is 2810. The van der Waals surface area contributed by atoms with E-state index in [1.54, 1.807) is 0 Å². The smallest absolute Gasteiger partial charge is 0.165 e. The lowest BCUT2D eigenvalue weighted by Gasteiger charge is -2.21. The van der Waals surface area contributed by atoms with Crippen molar-refractivity contribution in [2.45, 2.75) is 13.1 Å². The van der Waals surface area contributed by atoms with E-state index in [9.17, 15) is 0 Å². The summed E-state index contributed by atoms with van der Waals surface area (Å²) in [5.41, 5.74) is 10.4. The van der Waals surface area contributed by atoms with Crippen LogP contribution in [0.4, 0.5) is 0 Å². The molecule has 10 rings (SSSR count). The molecule has 0 radical (unpaired) electrons. The van der Waals surface area contributed by atoms with E-state index in [1.165, 1.54) is 43.4 Å². The number of nitrogens with zero attached hydrogens (tertiary/aromatic N) is 3. The van der Waals surface area contributed by atoms with Gasteiger partial charge in [0.25, 0.3) is 0 Å². The largest absolute Gasteiger partial charge is 0.208 e. The van der Waals surface area contributed by atoms with E-state index in [2.05, 4.69) is 165 Å². The Morgan fingerprint density at radius 2 is 0.792 bits per heavy atom. The fourth-order valence-corrected chi connectivity index (χ4v) is 11.5. The third-order valence-electron chi connectivity index (χ3n) is 10.9. The van der Waals surface area contributed by atoms with Gasteiger partial charge in [-0.3, -0.25) is 0 Å². The molecule has 1 aliphatic rings. The molecule has 0 fully saturated rings. The normalized spacial score (nSPS) is 12.9. The van der Waals surface area contributed by atoms with Crippen LogP contribution in [0.25, 0.3) is 89.1 Å². The molecule has 250 valence electrons. The molecule has 4 heteroatoms. The predicted molar refractivity (Wildman–Crippen MR) is 224 cm³/mol. The Morgan fingerprint density at radius 1 is 0.321 bits per heavy atom. The quantitative estimate of drug-likeness (QED) is 0.133. The fourth-order valence-electron chi connectivity index (χ4n) is 8.41. The molecule has 0 bridgehead atoms. The highest BCUT2D eigenvalue weighted by Crippen LogP contribution is 2.44. The Labute approximate surface area is 310 Å². The Morgan fingerprint density at radius 3 is 1.45 bits per heavy atom. The second kappa shape index (κ2) is 12.3. The lowest BCUT2D eigenvalue weighted by Crippen LogP contribution is -2.49. The van der Waals surface area contributed by atoms with E-state index in [4.69, 9.17) is 15.0 Å². The summed E-state index contributed by atoms with van der Waals surface area (Å²) in [5, 5.41) is 7.63. The molecule has 8 aromatic carbocycles. The van der Waals surface area contributed by atoms with Crippen molar-refractivity contribution in [3.8, 4) is 67.5 Å². The van der Waals surface area contributed by atoms with Gasteiger partial charge in [-0.25, -0.2) is 15.0 Å². The van der Waals surface area contributed by atoms with Crippen LogP contribution in [0.2, 0.25) is 13.1 Å². The number of hydrogen-bond donors (Lipinski definition) is 0. The summed E-state index contributed by atoms with van der Waals surface area (Å²) in [7, 11) is -1.88. The van der Waals surface area contributed by atoms with E-state index in [0.717, 1.165) is 38.6 Å². The van der Waals surface area contributed by atoms with Gasteiger partial charge in [-0.1, -0.05) is 189 Å². The fraction of sp³-hybridized carbons (Fsp3) is 0.0408. The molecule has 0 spiro atoms. The SMILES string of the molecule is C[Si]1(C)c2ccccc2-c2ccc(-c3c4ccccc4c(-c4nc(-c5ccccc5)nc(-c5ccccc5-c5ccccc5)n4)c4ccccc34)cc21. The number of rotatable bonds is 5. The summed E-state index contributed by atoms with van der Waals surface area (Å²) in [6.45, 7) is 4.97. The summed E-state index contributed by atoms with van der Waals surface area (Å²) < 4.78 is 0. The average Bonchev–Trinajstić information content (AvgIpc) is 3.45. The zero-order valence-corrected chi connectivity index (χ0v) is 30.6. The van der Waals surface area contributed by atoms with Crippen molar-refractivity contribution in [1.29, 1.82) is 0 Å². The minimum Gasteiger partial charge on any atom is -0.208 e. The van der Waals surface area contributed by atoms with Crippen molar-refractivity contribution in [3.05, 3.63) is 176 Å². The molecule has 0 N–H and O–H groups in total. The van der Waals surface area contributed by atoms with E-state index >= 15 is 0 Å². The first-order valence-corrected chi connectivity index (χ1v) is 21.2. The highest BCUT2D eigenvalue weighted by molar-refractivity contribution is 7.03. The van der Waals surface area contributed by atoms with Crippen LogP contribution >= 0.6 is 0 Å². The van der Waals surface area contributed by atoms with Gasteiger partial charge >= 0.3 is 0 Å². The third-order valence-corrected chi connectivity index (χ3v) is 14.5. The van der Waals surface area contributed by atoms with Crippen molar-refractivity contribution >= 4 is 40.0 Å². The van der Waals surface area contributed by atoms with Gasteiger partial charge in [0.15, 0.2) is 17.5 Å². The zero-order valence-electron chi connectivity index (χ0n) is 29.6. The van der Waals surface area contributed by atoms with Crippen molar-refractivity contribution in [1.82, 2.24) is 15.0 Å². The lowest BCUT2D eigenvalue weighted by atomic mass is 9.87. The molecule has 2 heterocycles. The van der Waals surface area contributed by atoms with E-state index in [-0.39, 0.29) is 0 Å². The van der Waals surface area contributed by atoms with Crippen molar-refractivity contribution in [2.24, 2.45) is 0 Å². The van der Waals surface area contributed by atoms with Gasteiger partial charge in [0.05, 0.1) is 0 Å². The molecule has 0 amide bonds. The first kappa shape index (κ1) is 31.3. The molecular formula is C49H35N3Si. The minimum atomic E-state index is -1.88. The maximum atomic E-state index is 5.36. The summed E-state index contributed by atoms with van der Waals surface area (Å²) in [4.78, 5) is 15.8. The van der Waals surface area contributed by atoms with Gasteiger partial charge in [-0.2, -0.15) is 0 Å². The number of aromatic nitrogens is 3. The average molecular weight is 694 g/mol. The van der Waals surface area contributed by atoms with Crippen molar-refractivity contribution in [3.63, 3.8) is 0 Å². The van der Waals surface area contributed by atoms with Gasteiger partial charge in [0, 0.05) is 16.7 Å². The maximum absolute atomic E-state index is 5.36. The molecule has 0 aliphatic carbocycles. The Balaban J connectivity index is 1.25. The van der Waals surface area contributed by atoms with Crippen molar-refractivity contribution in [2.75, 3.05) is 0 Å². The number of benzene rings is 8. The molecule has 0 unspecified atom stereocenters. The van der Waals surface area contributed by atoms with Crippen LogP contribution in [0.3, 0.4) is 0 Å². The maximum Gasteiger partial charge on any atom is 0.165 e. The third kappa shape index (κ3) is 5.06. The van der Waals surface area contributed by atoms with Gasteiger partial charge in [-0.05, 0) is 65.3 Å². The molecule has 53 heavy (non-hydrogen) atoms. The van der Waals surface area contributed by atoms with Crippen LogP contribution in [-0.2, 0) is 0 Å². The molecule has 1 aromatic heterocycles. The van der Waals surface area contributed by atoms with Crippen LogP contribution in [0.15, 0.2) is 176 Å². The van der Waals surface area contributed by atoms with Gasteiger partial charge in [0.2, 0.25) is 0 Å². The standard InChI is InChI=1S/C49H35N3Si/c1-53(2)43-28-16-15-22-36(43)37-30-29-34(31-44(37)53)45-38-23-10-12-25-40(38)46(41-26-13-11-24-39(41)45)49-51-47(33-19-7-4-8-20-33)50-48(52-49)42-27-14-9-21-35(42)32-17-5-3-6-18-32/h3-31H,1-2H3. The molecule has 9 aromatic rings. The first-order chi connectivity index (χ1) is 26.1. The predicted octanol–water partition coefficient (Wildman–Crippen LogP) is 11.3. The molecule has 0 saturated carbocycles. The molecule has 0 saturated heterocycles. The topological polar surface area (TPSA) is 38.7 Å². The van der Waals surface area contributed by atoms with Crippen LogP contribution in [0.1, 0.15) is 0 Å². The summed E-state index contributed by atoms with van der Waals surface area (Å²) >= 11 is 0. The van der Waals surface area contributed by atoms with Crippen molar-refractivity contribution < 1.29 is 0 Å². The van der Waals surface area contributed by atoms with Crippen LogP contribution in [0.5, 0.6) is 0 Å². The molecule has 0 atom stereocenters. The molecular weight excluding hydrogens is 659 g/mol. The molecule has 3 nitrogen and oxygen atoms in total. The van der Waals surface area contributed by atoms with Crippen LogP contribution < -0.4 is 10.4 Å². The number of fused-ring (bicyclic) bond motifs is 5. The minimum absolute atomic E-state index is 0.649. The summed E-state index contributed by atoms with van der Waals surface area (Å²) in [5.74, 6) is 1.96. The van der Waals surface area contributed by atoms with Gasteiger partial charge in [-0.15, -0.1) is 0 Å². The van der Waals surface area contributed by atoms with E-state index in [0.29, 0.717) is 17.5 Å².